The zero-order valence-corrected chi connectivity index (χ0v) is 18.6. The monoisotopic (exact) mass is 477 g/mol. The number of hydrogen-bond acceptors (Lipinski definition) is 5. The van der Waals surface area contributed by atoms with Crippen molar-refractivity contribution in [2.24, 2.45) is 0 Å². The van der Waals surface area contributed by atoms with Crippen LogP contribution in [0.25, 0.3) is 0 Å². The molecule has 1 N–H and O–H groups in total. The third-order valence-electron chi connectivity index (χ3n) is 5.33. The smallest absolute Gasteiger partial charge is 0.348 e. The van der Waals surface area contributed by atoms with Crippen LogP contribution in [0.2, 0.25) is 0 Å². The van der Waals surface area contributed by atoms with Gasteiger partial charge in [-0.1, -0.05) is 27.7 Å². The fourth-order valence-electron chi connectivity index (χ4n) is 3.91. The normalized spacial score (nSPS) is 18.4. The fourth-order valence-corrected chi connectivity index (χ4v) is 5.05. The number of rotatable bonds is 6. The molecule has 1 aliphatic carbocycles. The average molecular weight is 478 g/mol. The second kappa shape index (κ2) is 9.45. The van der Waals surface area contributed by atoms with Crippen LogP contribution >= 0.6 is 27.7 Å². The molecule has 8 heteroatoms. The van der Waals surface area contributed by atoms with Crippen LogP contribution in [0.15, 0.2) is 38.6 Å². The van der Waals surface area contributed by atoms with Crippen LogP contribution in [0, 0.1) is 0 Å². The van der Waals surface area contributed by atoms with Gasteiger partial charge in [0.2, 0.25) is 5.91 Å². The van der Waals surface area contributed by atoms with Crippen LogP contribution in [0.4, 0.5) is 5.69 Å². The van der Waals surface area contributed by atoms with Gasteiger partial charge in [0.05, 0.1) is 18.4 Å². The first kappa shape index (κ1) is 20.6. The summed E-state index contributed by atoms with van der Waals surface area (Å²) >= 11 is 4.74. The molecule has 0 saturated carbocycles. The van der Waals surface area contributed by atoms with Gasteiger partial charge >= 0.3 is 5.69 Å². The molecule has 29 heavy (non-hydrogen) atoms. The van der Waals surface area contributed by atoms with Gasteiger partial charge in [0, 0.05) is 28.0 Å². The van der Waals surface area contributed by atoms with Gasteiger partial charge in [-0.05, 0) is 62.8 Å². The second-order valence-corrected chi connectivity index (χ2v) is 9.30. The molecule has 0 radical (unpaired) electrons. The number of benzene rings is 1. The lowest BCUT2D eigenvalue weighted by atomic mass is 9.97. The van der Waals surface area contributed by atoms with E-state index in [4.69, 9.17) is 4.74 Å². The number of nitrogens with zero attached hydrogens (tertiary/aromatic N) is 2. The Morgan fingerprint density at radius 2 is 2.03 bits per heavy atom. The number of amides is 1. The summed E-state index contributed by atoms with van der Waals surface area (Å²) in [4.78, 5) is 29.4. The Balaban J connectivity index is 1.48. The van der Waals surface area contributed by atoms with Gasteiger partial charge in [0.25, 0.3) is 0 Å². The summed E-state index contributed by atoms with van der Waals surface area (Å²) in [5, 5.41) is 3.59. The molecule has 0 bridgehead atoms. The van der Waals surface area contributed by atoms with E-state index in [0.29, 0.717) is 11.6 Å². The van der Waals surface area contributed by atoms with Gasteiger partial charge in [-0.15, -0.1) is 0 Å². The van der Waals surface area contributed by atoms with Crippen LogP contribution in [0.3, 0.4) is 0 Å². The minimum atomic E-state index is -0.225. The van der Waals surface area contributed by atoms with Crippen molar-refractivity contribution in [3.05, 3.63) is 50.5 Å². The molecule has 1 aromatic carbocycles. The summed E-state index contributed by atoms with van der Waals surface area (Å²) in [6.45, 7) is 1.36. The highest BCUT2D eigenvalue weighted by Gasteiger charge is 2.24. The van der Waals surface area contributed by atoms with E-state index < -0.39 is 0 Å². The summed E-state index contributed by atoms with van der Waals surface area (Å²) in [5.41, 5.74) is 2.75. The van der Waals surface area contributed by atoms with Crippen molar-refractivity contribution in [1.82, 2.24) is 9.55 Å². The highest BCUT2D eigenvalue weighted by Crippen LogP contribution is 2.29. The lowest BCUT2D eigenvalue weighted by molar-refractivity contribution is -0.113. The summed E-state index contributed by atoms with van der Waals surface area (Å²) in [5.74, 6) is 0.122. The molecule has 1 aliphatic heterocycles. The summed E-state index contributed by atoms with van der Waals surface area (Å²) in [7, 11) is 0. The minimum Gasteiger partial charge on any atom is -0.376 e. The van der Waals surface area contributed by atoms with E-state index in [2.05, 4.69) is 26.2 Å². The average Bonchev–Trinajstić information content (AvgIpc) is 3.24. The molecule has 0 spiro atoms. The van der Waals surface area contributed by atoms with E-state index in [1.54, 1.807) is 0 Å². The molecule has 154 valence electrons. The molecular weight excluding hydrogens is 454 g/mol. The van der Waals surface area contributed by atoms with Crippen molar-refractivity contribution in [3.8, 4) is 0 Å². The third-order valence-corrected chi connectivity index (χ3v) is 6.88. The zero-order valence-electron chi connectivity index (χ0n) is 16.2. The largest absolute Gasteiger partial charge is 0.376 e. The number of fused-ring (bicyclic) bond motifs is 1. The maximum atomic E-state index is 12.7. The predicted molar refractivity (Wildman–Crippen MR) is 118 cm³/mol. The quantitative estimate of drug-likeness (QED) is 0.505. The molecule has 1 amide bonds. The first-order chi connectivity index (χ1) is 14.1. The van der Waals surface area contributed by atoms with Gasteiger partial charge in [-0.25, -0.2) is 4.79 Å². The standard InChI is InChI=1S/C21H24BrN3O3S/c22-14-7-9-15(10-8-14)23-19(26)13-29-20-17-5-1-2-6-18(17)25(21(27)24-20)12-16-4-3-11-28-16/h7-10,16H,1-6,11-13H2,(H,23,26). The number of aromatic nitrogens is 2. The summed E-state index contributed by atoms with van der Waals surface area (Å²) < 4.78 is 8.51. The molecule has 2 aliphatic rings. The highest BCUT2D eigenvalue weighted by molar-refractivity contribution is 9.10. The van der Waals surface area contributed by atoms with Crippen molar-refractivity contribution in [2.45, 2.75) is 56.2 Å². The van der Waals surface area contributed by atoms with E-state index in [9.17, 15) is 9.59 Å². The van der Waals surface area contributed by atoms with E-state index >= 15 is 0 Å². The maximum Gasteiger partial charge on any atom is 0.348 e. The molecule has 1 fully saturated rings. The van der Waals surface area contributed by atoms with Crippen LogP contribution in [-0.2, 0) is 28.9 Å². The fraction of sp³-hybridized carbons (Fsp3) is 0.476. The highest BCUT2D eigenvalue weighted by atomic mass is 79.9. The van der Waals surface area contributed by atoms with E-state index in [1.165, 1.54) is 11.8 Å². The first-order valence-corrected chi connectivity index (χ1v) is 11.8. The number of nitrogens with one attached hydrogen (secondary N) is 1. The lowest BCUT2D eigenvalue weighted by Gasteiger charge is -2.24. The third kappa shape index (κ3) is 5.10. The SMILES string of the molecule is O=C(CSc1nc(=O)n(CC2CCCO2)c2c1CCCC2)Nc1ccc(Br)cc1. The van der Waals surface area contributed by atoms with Crippen molar-refractivity contribution < 1.29 is 9.53 Å². The second-order valence-electron chi connectivity index (χ2n) is 7.42. The predicted octanol–water partition coefficient (Wildman–Crippen LogP) is 3.79. The Bertz CT molecular complexity index is 939. The van der Waals surface area contributed by atoms with Crippen LogP contribution in [0.5, 0.6) is 0 Å². The number of halogens is 1. The molecule has 2 aromatic rings. The van der Waals surface area contributed by atoms with E-state index in [-0.39, 0.29) is 23.5 Å². The van der Waals surface area contributed by atoms with Gasteiger partial charge in [-0.3, -0.25) is 9.36 Å². The molecule has 1 unspecified atom stereocenters. The van der Waals surface area contributed by atoms with Crippen molar-refractivity contribution in [2.75, 3.05) is 17.7 Å². The molecule has 6 nitrogen and oxygen atoms in total. The molecular formula is C21H24BrN3O3S. The van der Waals surface area contributed by atoms with Crippen LogP contribution in [-0.4, -0.2) is 33.9 Å². The number of ether oxygens (including phenoxy) is 1. The maximum absolute atomic E-state index is 12.7. The van der Waals surface area contributed by atoms with Crippen LogP contribution < -0.4 is 11.0 Å². The van der Waals surface area contributed by atoms with Gasteiger partial charge in [0.15, 0.2) is 0 Å². The van der Waals surface area contributed by atoms with Crippen molar-refractivity contribution >= 4 is 39.3 Å². The number of anilines is 1. The van der Waals surface area contributed by atoms with Gasteiger partial charge < -0.3 is 10.1 Å². The lowest BCUT2D eigenvalue weighted by Crippen LogP contribution is -2.34. The first-order valence-electron chi connectivity index (χ1n) is 10.0. The molecule has 4 rings (SSSR count). The number of thioether (sulfide) groups is 1. The molecule has 2 heterocycles. The Morgan fingerprint density at radius 3 is 2.79 bits per heavy atom. The Morgan fingerprint density at radius 1 is 1.24 bits per heavy atom. The molecule has 1 atom stereocenters. The van der Waals surface area contributed by atoms with Gasteiger partial charge in [0.1, 0.15) is 5.03 Å². The molecule has 1 saturated heterocycles. The Labute approximate surface area is 182 Å². The van der Waals surface area contributed by atoms with Crippen LogP contribution in [0.1, 0.15) is 36.9 Å². The Hall–Kier alpha value is -1.64. The number of hydrogen-bond donors (Lipinski definition) is 1. The Kier molecular flexibility index (Phi) is 6.72. The van der Waals surface area contributed by atoms with E-state index in [1.807, 2.05) is 28.8 Å². The van der Waals surface area contributed by atoms with Crippen molar-refractivity contribution in [1.29, 1.82) is 0 Å². The van der Waals surface area contributed by atoms with Crippen molar-refractivity contribution in [3.63, 3.8) is 0 Å². The van der Waals surface area contributed by atoms with E-state index in [0.717, 1.165) is 66.5 Å². The topological polar surface area (TPSA) is 73.2 Å². The van der Waals surface area contributed by atoms with Gasteiger partial charge in [-0.2, -0.15) is 4.98 Å². The zero-order chi connectivity index (χ0) is 20.2. The molecule has 1 aromatic heterocycles. The number of carbonyl (C=O) groups excluding carboxylic acids is 1. The summed E-state index contributed by atoms with van der Waals surface area (Å²) in [6, 6.07) is 7.46. The minimum absolute atomic E-state index is 0.104. The summed E-state index contributed by atoms with van der Waals surface area (Å²) in [6.07, 6.45) is 6.12. The number of carbonyl (C=O) groups is 1.